The molecule has 1 atom stereocenters. The summed E-state index contributed by atoms with van der Waals surface area (Å²) in [7, 11) is 1.76. The van der Waals surface area contributed by atoms with Crippen LogP contribution in [0.4, 0.5) is 4.79 Å². The zero-order valence-corrected chi connectivity index (χ0v) is 14.4. The molecule has 0 saturated carbocycles. The Hall–Kier alpha value is -1.58. The Bertz CT molecular complexity index is 364. The number of hydrogen-bond donors (Lipinski definition) is 1. The molecule has 126 valence electrons. The topological polar surface area (TPSA) is 49.4 Å². The summed E-state index contributed by atoms with van der Waals surface area (Å²) in [4.78, 5) is 24.9. The second kappa shape index (κ2) is 11.0. The first kappa shape index (κ1) is 20.4. The summed E-state index contributed by atoms with van der Waals surface area (Å²) >= 11 is 0. The molecule has 0 spiro atoms. The summed E-state index contributed by atoms with van der Waals surface area (Å²) in [5, 5.41) is 2.79. The summed E-state index contributed by atoms with van der Waals surface area (Å²) in [6.07, 6.45) is 10.2. The van der Waals surface area contributed by atoms with Crippen LogP contribution in [0.3, 0.4) is 0 Å². The van der Waals surface area contributed by atoms with Crippen molar-refractivity contribution in [3.63, 3.8) is 0 Å². The zero-order chi connectivity index (χ0) is 17.0. The normalized spacial score (nSPS) is 12.3. The predicted octanol–water partition coefficient (Wildman–Crippen LogP) is 3.93. The number of nitrogens with zero attached hydrogens (tertiary/aromatic N) is 1. The Morgan fingerprint density at radius 1 is 1.23 bits per heavy atom. The fourth-order valence-electron chi connectivity index (χ4n) is 2.44. The Labute approximate surface area is 135 Å². The molecule has 0 aromatic heterocycles. The van der Waals surface area contributed by atoms with Crippen LogP contribution >= 0.6 is 0 Å². The number of carbonyl (C=O) groups is 2. The lowest BCUT2D eigenvalue weighted by Crippen LogP contribution is -2.46. The van der Waals surface area contributed by atoms with Gasteiger partial charge in [0.15, 0.2) is 0 Å². The summed E-state index contributed by atoms with van der Waals surface area (Å²) in [5.41, 5.74) is -0.0186. The summed E-state index contributed by atoms with van der Waals surface area (Å²) in [6, 6.07) is -0.596. The van der Waals surface area contributed by atoms with Crippen LogP contribution in [0.25, 0.3) is 0 Å². The molecular formula is C18H32N2O2. The molecule has 0 fully saturated rings. The molecule has 0 aromatic carbocycles. The van der Waals surface area contributed by atoms with Crippen molar-refractivity contribution in [2.45, 2.75) is 58.4 Å². The number of amides is 2. The summed E-state index contributed by atoms with van der Waals surface area (Å²) < 4.78 is 0. The molecule has 2 amide bonds. The van der Waals surface area contributed by atoms with Gasteiger partial charge in [-0.05, 0) is 31.1 Å². The molecule has 0 bridgehead atoms. The summed E-state index contributed by atoms with van der Waals surface area (Å²) in [6.45, 7) is 12.2. The standard InChI is InChI=1S/C18H32N2O2/c1-6-8-9-10-11-12-16(14-21)19-17(22)20(5)15-18(3,4)13-7-2/h6-7,14,16H,1-2,8-13,15H2,3-5H3,(H,19,22)/t16-/m0/s1. The summed E-state index contributed by atoms with van der Waals surface area (Å²) in [5.74, 6) is 0. The van der Waals surface area contributed by atoms with Crippen LogP contribution in [0.2, 0.25) is 0 Å². The van der Waals surface area contributed by atoms with Gasteiger partial charge in [-0.3, -0.25) is 0 Å². The molecule has 4 nitrogen and oxygen atoms in total. The number of allylic oxidation sites excluding steroid dienone is 2. The van der Waals surface area contributed by atoms with Gasteiger partial charge in [-0.25, -0.2) is 4.79 Å². The van der Waals surface area contributed by atoms with Gasteiger partial charge in [0.05, 0.1) is 6.04 Å². The third-order valence-electron chi connectivity index (χ3n) is 3.61. The zero-order valence-electron chi connectivity index (χ0n) is 14.4. The van der Waals surface area contributed by atoms with E-state index in [0.717, 1.165) is 38.4 Å². The SMILES string of the molecule is C=CCCCCC[C@@H](C=O)NC(=O)N(C)CC(C)(C)CC=C. The molecule has 0 aliphatic rings. The van der Waals surface area contributed by atoms with Crippen LogP contribution in [0.15, 0.2) is 25.3 Å². The molecule has 0 aliphatic carbocycles. The van der Waals surface area contributed by atoms with Crippen molar-refractivity contribution >= 4 is 12.3 Å². The van der Waals surface area contributed by atoms with E-state index in [2.05, 4.69) is 32.3 Å². The average molecular weight is 308 g/mol. The quantitative estimate of drug-likeness (QED) is 0.337. The number of unbranched alkanes of at least 4 members (excludes halogenated alkanes) is 3. The second-order valence-electron chi connectivity index (χ2n) is 6.63. The number of hydrogen-bond acceptors (Lipinski definition) is 2. The fourth-order valence-corrected chi connectivity index (χ4v) is 2.44. The van der Waals surface area contributed by atoms with Crippen molar-refractivity contribution in [3.05, 3.63) is 25.3 Å². The third kappa shape index (κ3) is 9.37. The lowest BCUT2D eigenvalue weighted by molar-refractivity contribution is -0.109. The Kier molecular flexibility index (Phi) is 10.3. The van der Waals surface area contributed by atoms with Gasteiger partial charge in [-0.1, -0.05) is 38.8 Å². The largest absolute Gasteiger partial charge is 0.328 e. The maximum absolute atomic E-state index is 12.1. The van der Waals surface area contributed by atoms with Gasteiger partial charge in [0.25, 0.3) is 0 Å². The van der Waals surface area contributed by atoms with Crippen molar-refractivity contribution in [2.75, 3.05) is 13.6 Å². The molecule has 0 radical (unpaired) electrons. The van der Waals surface area contributed by atoms with Crippen LogP contribution in [0, 0.1) is 5.41 Å². The first-order chi connectivity index (χ1) is 10.4. The highest BCUT2D eigenvalue weighted by atomic mass is 16.2. The first-order valence-corrected chi connectivity index (χ1v) is 8.05. The van der Waals surface area contributed by atoms with Crippen LogP contribution in [-0.2, 0) is 4.79 Å². The van der Waals surface area contributed by atoms with E-state index in [1.807, 2.05) is 12.2 Å². The van der Waals surface area contributed by atoms with E-state index in [1.165, 1.54) is 0 Å². The van der Waals surface area contributed by atoms with Crippen molar-refractivity contribution in [1.82, 2.24) is 10.2 Å². The minimum absolute atomic E-state index is 0.0186. The van der Waals surface area contributed by atoms with E-state index in [4.69, 9.17) is 0 Å². The van der Waals surface area contributed by atoms with E-state index < -0.39 is 6.04 Å². The van der Waals surface area contributed by atoms with E-state index >= 15 is 0 Å². The lowest BCUT2D eigenvalue weighted by Gasteiger charge is -2.30. The highest BCUT2D eigenvalue weighted by molar-refractivity contribution is 5.77. The molecule has 0 heterocycles. The molecule has 4 heteroatoms. The Balaban J connectivity index is 4.20. The first-order valence-electron chi connectivity index (χ1n) is 8.05. The average Bonchev–Trinajstić information content (AvgIpc) is 2.44. The van der Waals surface area contributed by atoms with Crippen molar-refractivity contribution in [2.24, 2.45) is 5.41 Å². The molecule has 1 N–H and O–H groups in total. The molecule has 0 aromatic rings. The monoisotopic (exact) mass is 308 g/mol. The highest BCUT2D eigenvalue weighted by Crippen LogP contribution is 2.21. The van der Waals surface area contributed by atoms with Crippen LogP contribution in [0.5, 0.6) is 0 Å². The van der Waals surface area contributed by atoms with Gasteiger partial charge in [0, 0.05) is 13.6 Å². The lowest BCUT2D eigenvalue weighted by atomic mass is 9.89. The maximum atomic E-state index is 12.1. The van der Waals surface area contributed by atoms with Crippen LogP contribution in [-0.4, -0.2) is 36.9 Å². The van der Waals surface area contributed by atoms with E-state index in [0.29, 0.717) is 13.0 Å². The van der Waals surface area contributed by atoms with Gasteiger partial charge in [0.1, 0.15) is 6.29 Å². The molecular weight excluding hydrogens is 276 g/mol. The molecule has 0 saturated heterocycles. The number of aldehydes is 1. The van der Waals surface area contributed by atoms with E-state index in [1.54, 1.807) is 11.9 Å². The Morgan fingerprint density at radius 2 is 1.91 bits per heavy atom. The van der Waals surface area contributed by atoms with E-state index in [9.17, 15) is 9.59 Å². The van der Waals surface area contributed by atoms with E-state index in [-0.39, 0.29) is 11.4 Å². The maximum Gasteiger partial charge on any atom is 0.317 e. The number of urea groups is 1. The number of rotatable bonds is 12. The molecule has 0 rings (SSSR count). The van der Waals surface area contributed by atoms with Crippen LogP contribution < -0.4 is 5.32 Å². The molecule has 0 unspecified atom stereocenters. The Morgan fingerprint density at radius 3 is 2.45 bits per heavy atom. The second-order valence-corrected chi connectivity index (χ2v) is 6.63. The predicted molar refractivity (Wildman–Crippen MR) is 92.9 cm³/mol. The third-order valence-corrected chi connectivity index (χ3v) is 3.61. The minimum Gasteiger partial charge on any atom is -0.328 e. The van der Waals surface area contributed by atoms with Crippen molar-refractivity contribution < 1.29 is 9.59 Å². The molecule has 0 aliphatic heterocycles. The molecule has 22 heavy (non-hydrogen) atoms. The smallest absolute Gasteiger partial charge is 0.317 e. The highest BCUT2D eigenvalue weighted by Gasteiger charge is 2.22. The minimum atomic E-state index is -0.402. The van der Waals surface area contributed by atoms with Gasteiger partial charge in [-0.15, -0.1) is 13.2 Å². The van der Waals surface area contributed by atoms with Crippen molar-refractivity contribution in [3.8, 4) is 0 Å². The van der Waals surface area contributed by atoms with Crippen molar-refractivity contribution in [1.29, 1.82) is 0 Å². The fraction of sp³-hybridized carbons (Fsp3) is 0.667. The van der Waals surface area contributed by atoms with Gasteiger partial charge >= 0.3 is 6.03 Å². The number of nitrogens with one attached hydrogen (secondary N) is 1. The van der Waals surface area contributed by atoms with Crippen LogP contribution in [0.1, 0.15) is 52.4 Å². The van der Waals surface area contributed by atoms with Gasteiger partial charge in [0.2, 0.25) is 0 Å². The number of carbonyl (C=O) groups excluding carboxylic acids is 2. The van der Waals surface area contributed by atoms with Gasteiger partial charge < -0.3 is 15.0 Å². The van der Waals surface area contributed by atoms with Gasteiger partial charge in [-0.2, -0.15) is 0 Å².